The van der Waals surface area contributed by atoms with Crippen LogP contribution in [-0.4, -0.2) is 31.9 Å². The maximum Gasteiger partial charge on any atom is 0.351 e. The van der Waals surface area contributed by atoms with E-state index in [1.54, 1.807) is 13.2 Å². The van der Waals surface area contributed by atoms with Crippen molar-refractivity contribution < 1.29 is 19.4 Å². The van der Waals surface area contributed by atoms with Crippen LogP contribution < -0.4 is 0 Å². The molecular weight excluding hydrogens is 276 g/mol. The maximum atomic E-state index is 11.5. The molecule has 2 rings (SSSR count). The molecule has 0 atom stereocenters. The third kappa shape index (κ3) is 3.18. The molecule has 0 aliphatic carbocycles. The summed E-state index contributed by atoms with van der Waals surface area (Å²) in [6.45, 7) is 0.659. The summed E-state index contributed by atoms with van der Waals surface area (Å²) in [5.41, 5.74) is 2.12. The van der Waals surface area contributed by atoms with Gasteiger partial charge in [0.25, 0.3) is 0 Å². The molecule has 0 saturated heterocycles. The highest BCUT2D eigenvalue weighted by Crippen LogP contribution is 2.36. The number of hydrogen-bond donors (Lipinski definition) is 1. The summed E-state index contributed by atoms with van der Waals surface area (Å²) in [5.74, 6) is -0.562. The second-order valence-electron chi connectivity index (χ2n) is 4.26. The van der Waals surface area contributed by atoms with E-state index in [0.717, 1.165) is 22.4 Å². The van der Waals surface area contributed by atoms with Gasteiger partial charge in [0.05, 0.1) is 13.7 Å². The first-order valence-corrected chi connectivity index (χ1v) is 6.96. The molecule has 0 bridgehead atoms. The molecule has 106 valence electrons. The van der Waals surface area contributed by atoms with Crippen molar-refractivity contribution in [2.75, 3.05) is 20.8 Å². The first kappa shape index (κ1) is 14.6. The van der Waals surface area contributed by atoms with Crippen LogP contribution in [0.4, 0.5) is 0 Å². The van der Waals surface area contributed by atoms with Gasteiger partial charge in [-0.05, 0) is 23.6 Å². The van der Waals surface area contributed by atoms with Gasteiger partial charge >= 0.3 is 5.97 Å². The van der Waals surface area contributed by atoms with Crippen molar-refractivity contribution in [1.82, 2.24) is 0 Å². The average Bonchev–Trinajstić information content (AvgIpc) is 2.86. The van der Waals surface area contributed by atoms with Crippen LogP contribution >= 0.6 is 11.3 Å². The molecule has 0 unspecified atom stereocenters. The first-order valence-electron chi connectivity index (χ1n) is 6.15. The fraction of sp³-hybridized carbons (Fsp3) is 0.267. The van der Waals surface area contributed by atoms with Gasteiger partial charge in [0.2, 0.25) is 0 Å². The molecule has 0 amide bonds. The molecule has 5 heteroatoms. The van der Waals surface area contributed by atoms with Gasteiger partial charge in [0, 0.05) is 12.0 Å². The van der Waals surface area contributed by atoms with E-state index >= 15 is 0 Å². The second-order valence-corrected chi connectivity index (χ2v) is 5.31. The average molecular weight is 292 g/mol. The molecule has 0 saturated carbocycles. The molecule has 2 aromatic rings. The third-order valence-corrected chi connectivity index (χ3v) is 4.04. The molecule has 0 spiro atoms. The maximum absolute atomic E-state index is 11.5. The highest BCUT2D eigenvalue weighted by atomic mass is 32.1. The number of aromatic hydroxyl groups is 1. The lowest BCUT2D eigenvalue weighted by atomic mass is 10.1. The standard InChI is InChI=1S/C15H16O4S/c1-18-7-6-10-4-3-5-11(8-10)13-9-12(16)14(20-13)15(17)19-2/h3-5,8-9,16H,6-7H2,1-2H3. The Balaban J connectivity index is 2.29. The van der Waals surface area contributed by atoms with E-state index in [9.17, 15) is 9.90 Å². The number of carbonyl (C=O) groups is 1. The molecule has 1 heterocycles. The van der Waals surface area contributed by atoms with E-state index in [2.05, 4.69) is 4.74 Å². The van der Waals surface area contributed by atoms with Crippen LogP contribution in [0, 0.1) is 0 Å². The Morgan fingerprint density at radius 2 is 2.10 bits per heavy atom. The van der Waals surface area contributed by atoms with Crippen molar-refractivity contribution in [1.29, 1.82) is 0 Å². The van der Waals surface area contributed by atoms with Gasteiger partial charge in [-0.25, -0.2) is 4.79 Å². The van der Waals surface area contributed by atoms with Crippen molar-refractivity contribution in [3.05, 3.63) is 40.8 Å². The zero-order valence-corrected chi connectivity index (χ0v) is 12.2. The minimum atomic E-state index is -0.519. The number of esters is 1. The van der Waals surface area contributed by atoms with Crippen molar-refractivity contribution in [3.8, 4) is 16.2 Å². The predicted octanol–water partition coefficient (Wildman–Crippen LogP) is 3.10. The van der Waals surface area contributed by atoms with Gasteiger partial charge in [0.15, 0.2) is 4.88 Å². The molecule has 1 aromatic carbocycles. The van der Waals surface area contributed by atoms with Crippen LogP contribution in [0.3, 0.4) is 0 Å². The van der Waals surface area contributed by atoms with Crippen LogP contribution in [-0.2, 0) is 15.9 Å². The Bertz CT molecular complexity index is 604. The summed E-state index contributed by atoms with van der Waals surface area (Å²) in [4.78, 5) is 12.6. The Labute approximate surface area is 121 Å². The number of rotatable bonds is 5. The number of thiophene rings is 1. The largest absolute Gasteiger partial charge is 0.506 e. The van der Waals surface area contributed by atoms with E-state index < -0.39 is 5.97 Å². The van der Waals surface area contributed by atoms with Crippen LogP contribution in [0.15, 0.2) is 30.3 Å². The molecule has 1 N–H and O–H groups in total. The minimum Gasteiger partial charge on any atom is -0.506 e. The Morgan fingerprint density at radius 1 is 1.30 bits per heavy atom. The minimum absolute atomic E-state index is 0.0425. The molecule has 1 aromatic heterocycles. The van der Waals surface area contributed by atoms with Gasteiger partial charge in [-0.1, -0.05) is 24.3 Å². The van der Waals surface area contributed by atoms with E-state index in [4.69, 9.17) is 4.74 Å². The van der Waals surface area contributed by atoms with Gasteiger partial charge in [-0.2, -0.15) is 0 Å². The summed E-state index contributed by atoms with van der Waals surface area (Å²) in [6, 6.07) is 9.55. The molecule has 0 aliphatic heterocycles. The lowest BCUT2D eigenvalue weighted by Crippen LogP contribution is -1.97. The van der Waals surface area contributed by atoms with Gasteiger partial charge in [-0.3, -0.25) is 0 Å². The summed E-state index contributed by atoms with van der Waals surface area (Å²) in [6.07, 6.45) is 0.825. The summed E-state index contributed by atoms with van der Waals surface area (Å²) < 4.78 is 9.70. The Morgan fingerprint density at radius 3 is 2.80 bits per heavy atom. The van der Waals surface area contributed by atoms with Gasteiger partial charge in [-0.15, -0.1) is 11.3 Å². The number of ether oxygens (including phenoxy) is 2. The Hall–Kier alpha value is -1.85. The number of hydrogen-bond acceptors (Lipinski definition) is 5. The van der Waals surface area contributed by atoms with E-state index in [1.807, 2.05) is 24.3 Å². The number of benzene rings is 1. The van der Waals surface area contributed by atoms with Crippen molar-refractivity contribution in [3.63, 3.8) is 0 Å². The number of methoxy groups -OCH3 is 2. The number of carbonyl (C=O) groups excluding carboxylic acids is 1. The fourth-order valence-electron chi connectivity index (χ4n) is 1.86. The lowest BCUT2D eigenvalue weighted by molar-refractivity contribution is 0.0603. The fourth-order valence-corrected chi connectivity index (χ4v) is 2.83. The summed E-state index contributed by atoms with van der Waals surface area (Å²) in [7, 11) is 2.97. The van der Waals surface area contributed by atoms with Crippen molar-refractivity contribution in [2.45, 2.75) is 6.42 Å². The zero-order valence-electron chi connectivity index (χ0n) is 11.4. The van der Waals surface area contributed by atoms with E-state index in [0.29, 0.717) is 6.61 Å². The van der Waals surface area contributed by atoms with Crippen LogP contribution in [0.1, 0.15) is 15.2 Å². The predicted molar refractivity (Wildman–Crippen MR) is 78.3 cm³/mol. The summed E-state index contributed by atoms with van der Waals surface area (Å²) in [5, 5.41) is 9.79. The molecular formula is C15H16O4S. The monoisotopic (exact) mass is 292 g/mol. The lowest BCUT2D eigenvalue weighted by Gasteiger charge is -2.03. The van der Waals surface area contributed by atoms with Crippen molar-refractivity contribution in [2.24, 2.45) is 0 Å². The van der Waals surface area contributed by atoms with E-state index in [1.165, 1.54) is 18.4 Å². The SMILES string of the molecule is COCCc1cccc(-c2cc(O)c(C(=O)OC)s2)c1. The highest BCUT2D eigenvalue weighted by Gasteiger charge is 2.17. The topological polar surface area (TPSA) is 55.8 Å². The van der Waals surface area contributed by atoms with Gasteiger partial charge < -0.3 is 14.6 Å². The quantitative estimate of drug-likeness (QED) is 0.860. The Kier molecular flexibility index (Phi) is 4.76. The molecule has 0 radical (unpaired) electrons. The van der Waals surface area contributed by atoms with Crippen LogP contribution in [0.25, 0.3) is 10.4 Å². The normalized spacial score (nSPS) is 10.5. The second kappa shape index (κ2) is 6.54. The molecule has 0 aliphatic rings. The van der Waals surface area contributed by atoms with Crippen LogP contribution in [0.2, 0.25) is 0 Å². The third-order valence-electron chi connectivity index (χ3n) is 2.89. The smallest absolute Gasteiger partial charge is 0.351 e. The molecule has 20 heavy (non-hydrogen) atoms. The molecule has 4 nitrogen and oxygen atoms in total. The first-order chi connectivity index (χ1) is 9.65. The van der Waals surface area contributed by atoms with Crippen molar-refractivity contribution >= 4 is 17.3 Å². The molecule has 0 fully saturated rings. The van der Waals surface area contributed by atoms with Crippen LogP contribution in [0.5, 0.6) is 5.75 Å². The van der Waals surface area contributed by atoms with E-state index in [-0.39, 0.29) is 10.6 Å². The highest BCUT2D eigenvalue weighted by molar-refractivity contribution is 7.17. The van der Waals surface area contributed by atoms with Gasteiger partial charge in [0.1, 0.15) is 5.75 Å². The zero-order chi connectivity index (χ0) is 14.5. The summed E-state index contributed by atoms with van der Waals surface area (Å²) >= 11 is 1.22.